The van der Waals surface area contributed by atoms with Crippen LogP contribution < -0.4 is 5.32 Å². The largest absolute Gasteiger partial charge is 0.454 e. The van der Waals surface area contributed by atoms with Crippen molar-refractivity contribution in [2.24, 2.45) is 0 Å². The number of nitrogens with one attached hydrogen (secondary N) is 1. The summed E-state index contributed by atoms with van der Waals surface area (Å²) in [5.74, 6) is -1.21. The maximum absolute atomic E-state index is 13.3. The number of amides is 1. The minimum atomic E-state index is -1.62. The van der Waals surface area contributed by atoms with Gasteiger partial charge in [0.05, 0.1) is 25.4 Å². The highest BCUT2D eigenvalue weighted by Gasteiger charge is 2.47. The Labute approximate surface area is 451 Å². The predicted molar refractivity (Wildman–Crippen MR) is 306 cm³/mol. The lowest BCUT2D eigenvalue weighted by atomic mass is 9.99. The lowest BCUT2D eigenvalue weighted by Gasteiger charge is -2.41. The fourth-order valence-electron chi connectivity index (χ4n) is 9.09. The molecule has 1 heterocycles. The number of hydrogen-bond donors (Lipinski definition) is 6. The SMILES string of the molecule is CC/C=C\C/C=C\C/C=C\C/C=C\C/C=C\CCCCCCCCCC(=O)OC1C(OCC(NC(=O)C(O)CCCCCCCCCCCC)C(O)/C=C/CCCCCCCCCCCC)OC(CO)C(O)C1O. The Morgan fingerprint density at radius 3 is 1.46 bits per heavy atom. The van der Waals surface area contributed by atoms with Gasteiger partial charge in [0.1, 0.15) is 24.4 Å². The minimum Gasteiger partial charge on any atom is -0.454 e. The molecule has 0 aromatic carbocycles. The van der Waals surface area contributed by atoms with E-state index in [0.717, 1.165) is 116 Å². The molecule has 0 aromatic rings. The van der Waals surface area contributed by atoms with Gasteiger partial charge < -0.3 is 45.1 Å². The highest BCUT2D eigenvalue weighted by molar-refractivity contribution is 5.80. The van der Waals surface area contributed by atoms with Crippen LogP contribution in [0.15, 0.2) is 72.9 Å². The number of aliphatic hydroxyl groups is 5. The molecule has 1 amide bonds. The number of allylic oxidation sites excluding steroid dienone is 11. The van der Waals surface area contributed by atoms with Gasteiger partial charge >= 0.3 is 5.97 Å². The van der Waals surface area contributed by atoms with Crippen LogP contribution in [0.1, 0.15) is 252 Å². The van der Waals surface area contributed by atoms with Crippen molar-refractivity contribution in [2.45, 2.75) is 301 Å². The number of ether oxygens (including phenoxy) is 3. The van der Waals surface area contributed by atoms with Crippen LogP contribution in [0, 0.1) is 0 Å². The Balaban J connectivity index is 2.64. The van der Waals surface area contributed by atoms with E-state index >= 15 is 0 Å². The quantitative estimate of drug-likeness (QED) is 0.0195. The third kappa shape index (κ3) is 38.6. The van der Waals surface area contributed by atoms with E-state index in [0.29, 0.717) is 19.3 Å². The summed E-state index contributed by atoms with van der Waals surface area (Å²) in [5, 5.41) is 56.8. The zero-order valence-corrected chi connectivity index (χ0v) is 47.2. The van der Waals surface area contributed by atoms with E-state index in [9.17, 15) is 35.1 Å². The Morgan fingerprint density at radius 1 is 0.541 bits per heavy atom. The lowest BCUT2D eigenvalue weighted by molar-refractivity contribution is -0.305. The molecule has 428 valence electrons. The third-order valence-corrected chi connectivity index (χ3v) is 13.9. The highest BCUT2D eigenvalue weighted by atomic mass is 16.7. The summed E-state index contributed by atoms with van der Waals surface area (Å²) >= 11 is 0. The Bertz CT molecular complexity index is 1480. The van der Waals surface area contributed by atoms with E-state index in [1.165, 1.54) is 89.9 Å². The van der Waals surface area contributed by atoms with Gasteiger partial charge in [-0.05, 0) is 70.6 Å². The van der Waals surface area contributed by atoms with Crippen LogP contribution in [-0.2, 0) is 23.8 Å². The molecule has 1 rings (SSSR count). The van der Waals surface area contributed by atoms with Gasteiger partial charge in [-0.25, -0.2) is 0 Å². The van der Waals surface area contributed by atoms with Gasteiger partial charge in [0, 0.05) is 6.42 Å². The monoisotopic (exact) mass is 1040 g/mol. The van der Waals surface area contributed by atoms with E-state index in [4.69, 9.17) is 14.2 Å². The van der Waals surface area contributed by atoms with Gasteiger partial charge in [-0.3, -0.25) is 9.59 Å². The first-order valence-electron chi connectivity index (χ1n) is 30.2. The average molecular weight is 1040 g/mol. The molecule has 11 heteroatoms. The number of unbranched alkanes of at least 4 members (excludes halogenated alkanes) is 26. The standard InChI is InChI=1S/C63H111NO10/c1-4-7-10-13-16-19-22-24-25-26-27-28-29-30-31-32-33-34-36-39-42-45-48-51-58(68)74-61-60(70)59(69)57(52-65)73-63(61)72-53-54(55(66)49-46-43-40-38-35-23-20-17-14-11-8-5-2)64-62(71)56(67)50-47-44-41-37-21-18-15-12-9-6-3/h7,10,16,19,24-25,27-28,30-31,46,49,54-57,59-61,63,65-67,69-70H,4-6,8-9,11-15,17-18,20-23,26,29,32-45,47-48,50-53H2,1-3H3,(H,64,71)/b10-7-,19-16-,25-24-,28-27-,31-30-,49-46+. The van der Waals surface area contributed by atoms with E-state index < -0.39 is 67.4 Å². The summed E-state index contributed by atoms with van der Waals surface area (Å²) in [5.41, 5.74) is 0. The smallest absolute Gasteiger partial charge is 0.306 e. The van der Waals surface area contributed by atoms with E-state index in [1.54, 1.807) is 6.08 Å². The first-order chi connectivity index (χ1) is 36.2. The molecule has 11 nitrogen and oxygen atoms in total. The summed E-state index contributed by atoms with van der Waals surface area (Å²) in [6, 6.07) is -1.02. The van der Waals surface area contributed by atoms with Crippen molar-refractivity contribution < 1.29 is 49.3 Å². The second-order valence-electron chi connectivity index (χ2n) is 20.7. The topological polar surface area (TPSA) is 175 Å². The molecular weight excluding hydrogens is 931 g/mol. The summed E-state index contributed by atoms with van der Waals surface area (Å²) < 4.78 is 17.6. The maximum atomic E-state index is 13.3. The van der Waals surface area contributed by atoms with Gasteiger partial charge in [0.25, 0.3) is 0 Å². The Hall–Kier alpha value is -2.90. The van der Waals surface area contributed by atoms with E-state index in [-0.39, 0.29) is 13.0 Å². The van der Waals surface area contributed by atoms with Gasteiger partial charge in [-0.2, -0.15) is 0 Å². The molecule has 1 aliphatic heterocycles. The van der Waals surface area contributed by atoms with Gasteiger partial charge in [-0.15, -0.1) is 0 Å². The summed E-state index contributed by atoms with van der Waals surface area (Å²) in [7, 11) is 0. The van der Waals surface area contributed by atoms with Gasteiger partial charge in [-0.1, -0.05) is 248 Å². The fraction of sp³-hybridized carbons (Fsp3) is 0.778. The van der Waals surface area contributed by atoms with Crippen molar-refractivity contribution in [1.29, 1.82) is 0 Å². The molecule has 0 bridgehead atoms. The first kappa shape index (κ1) is 69.1. The third-order valence-electron chi connectivity index (χ3n) is 13.9. The summed E-state index contributed by atoms with van der Waals surface area (Å²) in [4.78, 5) is 26.5. The molecule has 0 saturated carbocycles. The van der Waals surface area contributed by atoms with Crippen molar-refractivity contribution in [1.82, 2.24) is 5.32 Å². The molecule has 74 heavy (non-hydrogen) atoms. The van der Waals surface area contributed by atoms with Crippen LogP contribution in [0.5, 0.6) is 0 Å². The van der Waals surface area contributed by atoms with E-state index in [2.05, 4.69) is 86.8 Å². The number of carbonyl (C=O) groups excluding carboxylic acids is 2. The van der Waals surface area contributed by atoms with Crippen LogP contribution in [0.3, 0.4) is 0 Å². The van der Waals surface area contributed by atoms with Crippen LogP contribution in [0.25, 0.3) is 0 Å². The van der Waals surface area contributed by atoms with Gasteiger partial charge in [0.2, 0.25) is 5.91 Å². The predicted octanol–water partition coefficient (Wildman–Crippen LogP) is 14.0. The molecular formula is C63H111NO10. The Morgan fingerprint density at radius 2 is 0.973 bits per heavy atom. The van der Waals surface area contributed by atoms with Crippen molar-refractivity contribution in [3.8, 4) is 0 Å². The molecule has 1 aliphatic rings. The van der Waals surface area contributed by atoms with Crippen LogP contribution in [0.4, 0.5) is 0 Å². The molecule has 6 N–H and O–H groups in total. The molecule has 0 aromatic heterocycles. The van der Waals surface area contributed by atoms with Crippen molar-refractivity contribution in [3.63, 3.8) is 0 Å². The molecule has 1 saturated heterocycles. The maximum Gasteiger partial charge on any atom is 0.306 e. The summed E-state index contributed by atoms with van der Waals surface area (Å²) in [6.07, 6.45) is 53.7. The molecule has 0 spiro atoms. The number of rotatable bonds is 50. The fourth-order valence-corrected chi connectivity index (χ4v) is 9.09. The summed E-state index contributed by atoms with van der Waals surface area (Å²) in [6.45, 7) is 5.64. The lowest BCUT2D eigenvalue weighted by Crippen LogP contribution is -2.61. The number of hydrogen-bond acceptors (Lipinski definition) is 10. The minimum absolute atomic E-state index is 0.109. The number of carbonyl (C=O) groups is 2. The first-order valence-corrected chi connectivity index (χ1v) is 30.2. The van der Waals surface area contributed by atoms with E-state index in [1.807, 2.05) is 6.08 Å². The normalized spacial score (nSPS) is 19.8. The van der Waals surface area contributed by atoms with Crippen LogP contribution in [0.2, 0.25) is 0 Å². The second-order valence-corrected chi connectivity index (χ2v) is 20.7. The van der Waals surface area contributed by atoms with Crippen molar-refractivity contribution in [2.75, 3.05) is 13.2 Å². The van der Waals surface area contributed by atoms with Gasteiger partial charge in [0.15, 0.2) is 12.4 Å². The zero-order chi connectivity index (χ0) is 54.0. The molecule has 0 radical (unpaired) electrons. The molecule has 8 unspecified atom stereocenters. The zero-order valence-electron chi connectivity index (χ0n) is 47.2. The Kier molecular flexibility index (Phi) is 47.5. The van der Waals surface area contributed by atoms with Crippen LogP contribution >= 0.6 is 0 Å². The van der Waals surface area contributed by atoms with Crippen molar-refractivity contribution >= 4 is 11.9 Å². The second kappa shape index (κ2) is 50.9. The number of esters is 1. The highest BCUT2D eigenvalue weighted by Crippen LogP contribution is 2.26. The molecule has 1 fully saturated rings. The molecule has 0 aliphatic carbocycles. The van der Waals surface area contributed by atoms with Crippen molar-refractivity contribution in [3.05, 3.63) is 72.9 Å². The van der Waals surface area contributed by atoms with Crippen LogP contribution in [-0.4, -0.2) is 99.6 Å². The molecule has 8 atom stereocenters. The average Bonchev–Trinajstić information content (AvgIpc) is 3.40. The number of aliphatic hydroxyl groups excluding tert-OH is 5.